The van der Waals surface area contributed by atoms with E-state index in [0.29, 0.717) is 24.2 Å². The normalized spacial score (nSPS) is 17.2. The Hall–Kier alpha value is -2.66. The maximum Gasteiger partial charge on any atom is 0.258 e. The van der Waals surface area contributed by atoms with Crippen LogP contribution in [0.25, 0.3) is 0 Å². The lowest BCUT2D eigenvalue weighted by molar-refractivity contribution is 0.0473. The van der Waals surface area contributed by atoms with Crippen LogP contribution in [0.3, 0.4) is 0 Å². The van der Waals surface area contributed by atoms with Gasteiger partial charge in [0, 0.05) is 37.0 Å². The second kappa shape index (κ2) is 7.49. The number of β-amino-alcohol motifs (C(OH)–C–C–N with tert-alkyl or cyclic N) is 1. The summed E-state index contributed by atoms with van der Waals surface area (Å²) >= 11 is 0. The van der Waals surface area contributed by atoms with Gasteiger partial charge in [0.25, 0.3) is 11.8 Å². The van der Waals surface area contributed by atoms with Gasteiger partial charge in [0.15, 0.2) is 0 Å². The van der Waals surface area contributed by atoms with Gasteiger partial charge in [-0.2, -0.15) is 0 Å². The first-order chi connectivity index (χ1) is 12.1. The molecule has 0 aliphatic carbocycles. The Bertz CT molecular complexity index is 761. The first-order valence-corrected chi connectivity index (χ1v) is 8.47. The lowest BCUT2D eigenvalue weighted by Gasteiger charge is -2.30. The predicted octanol–water partition coefficient (Wildman–Crippen LogP) is 2.56. The van der Waals surface area contributed by atoms with Crippen LogP contribution in [-0.4, -0.2) is 48.1 Å². The average Bonchev–Trinajstić information content (AvgIpc) is 2.67. The van der Waals surface area contributed by atoms with Gasteiger partial charge in [-0.1, -0.05) is 24.3 Å². The molecule has 0 aromatic heterocycles. The number of carbonyl (C=O) groups excluding carboxylic acids is 2. The van der Waals surface area contributed by atoms with Crippen molar-refractivity contribution in [2.24, 2.45) is 0 Å². The number of nitrogens with zero attached hydrogens (tertiary/aromatic N) is 2. The second-order valence-electron chi connectivity index (χ2n) is 6.33. The van der Waals surface area contributed by atoms with E-state index in [9.17, 15) is 14.7 Å². The Kier molecular flexibility index (Phi) is 5.14. The molecule has 2 aromatic rings. The molecule has 0 saturated carbocycles. The topological polar surface area (TPSA) is 60.9 Å². The number of amides is 2. The number of rotatable bonds is 3. The quantitative estimate of drug-likeness (QED) is 0.936. The minimum absolute atomic E-state index is 0.143. The van der Waals surface area contributed by atoms with Crippen LogP contribution in [0, 0.1) is 0 Å². The Morgan fingerprint density at radius 1 is 1.08 bits per heavy atom. The summed E-state index contributed by atoms with van der Waals surface area (Å²) in [6.07, 6.45) is 1.05. The molecule has 0 radical (unpaired) electrons. The van der Waals surface area contributed by atoms with Crippen molar-refractivity contribution in [3.63, 3.8) is 0 Å². The number of carbonyl (C=O) groups is 2. The van der Waals surface area contributed by atoms with Crippen molar-refractivity contribution in [3.05, 3.63) is 65.7 Å². The van der Waals surface area contributed by atoms with E-state index in [-0.39, 0.29) is 11.8 Å². The molecule has 1 N–H and O–H groups in total. The summed E-state index contributed by atoms with van der Waals surface area (Å²) in [6, 6.07) is 16.1. The number of hydrogen-bond acceptors (Lipinski definition) is 3. The van der Waals surface area contributed by atoms with Crippen LogP contribution in [-0.2, 0) is 0 Å². The summed E-state index contributed by atoms with van der Waals surface area (Å²) in [5.74, 6) is -0.310. The maximum atomic E-state index is 12.7. The largest absolute Gasteiger partial charge is 0.391 e. The zero-order chi connectivity index (χ0) is 17.8. The minimum Gasteiger partial charge on any atom is -0.391 e. The molecule has 5 heteroatoms. The van der Waals surface area contributed by atoms with Crippen molar-refractivity contribution >= 4 is 17.5 Å². The van der Waals surface area contributed by atoms with E-state index in [2.05, 4.69) is 0 Å². The zero-order valence-corrected chi connectivity index (χ0v) is 14.3. The Morgan fingerprint density at radius 3 is 2.52 bits per heavy atom. The maximum absolute atomic E-state index is 12.7. The van der Waals surface area contributed by atoms with E-state index < -0.39 is 6.10 Å². The number of aliphatic hydroxyl groups excluding tert-OH is 1. The van der Waals surface area contributed by atoms with E-state index in [0.717, 1.165) is 18.5 Å². The summed E-state index contributed by atoms with van der Waals surface area (Å²) < 4.78 is 0. The fourth-order valence-electron chi connectivity index (χ4n) is 3.07. The average molecular weight is 338 g/mol. The number of hydrogen-bond donors (Lipinski definition) is 1. The van der Waals surface area contributed by atoms with E-state index in [4.69, 9.17) is 0 Å². The van der Waals surface area contributed by atoms with Crippen LogP contribution in [0.15, 0.2) is 54.6 Å². The molecule has 5 nitrogen and oxygen atoms in total. The van der Waals surface area contributed by atoms with Crippen molar-refractivity contribution in [2.45, 2.75) is 18.9 Å². The number of benzene rings is 2. The highest BCUT2D eigenvalue weighted by Crippen LogP contribution is 2.18. The molecule has 1 heterocycles. The monoisotopic (exact) mass is 338 g/mol. The summed E-state index contributed by atoms with van der Waals surface area (Å²) in [5.41, 5.74) is 1.74. The third kappa shape index (κ3) is 3.88. The van der Waals surface area contributed by atoms with Gasteiger partial charge in [0.1, 0.15) is 0 Å². The molecule has 0 bridgehead atoms. The minimum atomic E-state index is -0.466. The van der Waals surface area contributed by atoms with E-state index in [1.54, 1.807) is 41.1 Å². The van der Waals surface area contributed by atoms with Crippen LogP contribution < -0.4 is 4.90 Å². The molecule has 1 atom stereocenters. The van der Waals surface area contributed by atoms with Crippen molar-refractivity contribution < 1.29 is 14.7 Å². The fourth-order valence-corrected chi connectivity index (χ4v) is 3.07. The summed E-state index contributed by atoms with van der Waals surface area (Å²) in [6.45, 7) is 0.985. The smallest absolute Gasteiger partial charge is 0.258 e. The first-order valence-electron chi connectivity index (χ1n) is 8.47. The number of anilines is 1. The van der Waals surface area contributed by atoms with Crippen LogP contribution >= 0.6 is 0 Å². The van der Waals surface area contributed by atoms with Crippen LogP contribution in [0.1, 0.15) is 33.6 Å². The number of likely N-dealkylation sites (tertiary alicyclic amines) is 1. The van der Waals surface area contributed by atoms with Crippen LogP contribution in [0.4, 0.5) is 5.69 Å². The predicted molar refractivity (Wildman–Crippen MR) is 96.8 cm³/mol. The van der Waals surface area contributed by atoms with Gasteiger partial charge in [-0.15, -0.1) is 0 Å². The Morgan fingerprint density at radius 2 is 1.80 bits per heavy atom. The molecule has 1 saturated heterocycles. The molecule has 1 aliphatic rings. The van der Waals surface area contributed by atoms with Crippen molar-refractivity contribution in [3.8, 4) is 0 Å². The molecule has 1 aliphatic heterocycles. The fraction of sp³-hybridized carbons (Fsp3) is 0.300. The van der Waals surface area contributed by atoms with E-state index >= 15 is 0 Å². The van der Waals surface area contributed by atoms with Gasteiger partial charge >= 0.3 is 0 Å². The van der Waals surface area contributed by atoms with E-state index in [1.165, 1.54) is 0 Å². The molecule has 1 unspecified atom stereocenters. The summed E-state index contributed by atoms with van der Waals surface area (Å²) in [7, 11) is 1.72. The summed E-state index contributed by atoms with van der Waals surface area (Å²) in [5, 5.41) is 9.76. The molecule has 25 heavy (non-hydrogen) atoms. The van der Waals surface area contributed by atoms with Gasteiger partial charge in [-0.05, 0) is 43.2 Å². The van der Waals surface area contributed by atoms with Gasteiger partial charge in [0.05, 0.1) is 6.10 Å². The number of para-hydroxylation sites is 1. The van der Waals surface area contributed by atoms with Crippen molar-refractivity contribution in [1.29, 1.82) is 0 Å². The van der Waals surface area contributed by atoms with Crippen molar-refractivity contribution in [2.75, 3.05) is 25.0 Å². The molecular weight excluding hydrogens is 316 g/mol. The molecular formula is C20H22N2O3. The van der Waals surface area contributed by atoms with Crippen LogP contribution in [0.2, 0.25) is 0 Å². The molecule has 2 aromatic carbocycles. The molecule has 1 fully saturated rings. The third-order valence-electron chi connectivity index (χ3n) is 4.49. The van der Waals surface area contributed by atoms with Gasteiger partial charge in [-0.25, -0.2) is 0 Å². The first kappa shape index (κ1) is 17.2. The highest BCUT2D eigenvalue weighted by molar-refractivity contribution is 6.07. The van der Waals surface area contributed by atoms with E-state index in [1.807, 2.05) is 30.3 Å². The second-order valence-corrected chi connectivity index (χ2v) is 6.33. The Labute approximate surface area is 147 Å². The number of aliphatic hydroxyl groups is 1. The zero-order valence-electron chi connectivity index (χ0n) is 14.3. The van der Waals surface area contributed by atoms with Crippen molar-refractivity contribution in [1.82, 2.24) is 4.90 Å². The van der Waals surface area contributed by atoms with Crippen LogP contribution in [0.5, 0.6) is 0 Å². The molecule has 2 amide bonds. The lowest BCUT2D eigenvalue weighted by Crippen LogP contribution is -2.42. The Balaban J connectivity index is 1.79. The SMILES string of the molecule is CN(C(=O)c1cccc(C(=O)N2CCCC(O)C2)c1)c1ccccc1. The molecule has 3 rings (SSSR count). The van der Waals surface area contributed by atoms with Gasteiger partial charge in [0.2, 0.25) is 0 Å². The number of piperidine rings is 1. The molecule has 0 spiro atoms. The molecule has 130 valence electrons. The lowest BCUT2D eigenvalue weighted by atomic mass is 10.0. The van der Waals surface area contributed by atoms with Gasteiger partial charge < -0.3 is 14.9 Å². The highest BCUT2D eigenvalue weighted by Gasteiger charge is 2.24. The third-order valence-corrected chi connectivity index (χ3v) is 4.49. The van der Waals surface area contributed by atoms with Gasteiger partial charge in [-0.3, -0.25) is 9.59 Å². The summed E-state index contributed by atoms with van der Waals surface area (Å²) in [4.78, 5) is 28.6. The highest BCUT2D eigenvalue weighted by atomic mass is 16.3. The standard InChI is InChI=1S/C20H22N2O3/c1-21(17-9-3-2-4-10-17)19(24)15-7-5-8-16(13-15)20(25)22-12-6-11-18(23)14-22/h2-5,7-10,13,18,23H,6,11-12,14H2,1H3.